The molecule has 5 rings (SSSR count). The molecule has 1 spiro atoms. The fraction of sp³-hybridized carbons (Fsp3) is 0.441. The molecule has 3 heterocycles. The second-order valence-corrected chi connectivity index (χ2v) is 14.2. The van der Waals surface area contributed by atoms with Gasteiger partial charge in [0.1, 0.15) is 6.04 Å². The Kier molecular flexibility index (Phi) is 10.1. The number of hydrogen-bond donors (Lipinski definition) is 1. The molecule has 2 aromatic carbocycles. The summed E-state index contributed by atoms with van der Waals surface area (Å²) in [4.78, 5) is 46.3. The average molecular weight is 668 g/mol. The number of ether oxygens (including phenoxy) is 1. The number of hydrogen-bond acceptors (Lipinski definition) is 6. The van der Waals surface area contributed by atoms with E-state index in [9.17, 15) is 19.5 Å². The average Bonchev–Trinajstić information content (AvgIpc) is 3.61. The number of benzene rings is 2. The van der Waals surface area contributed by atoms with Gasteiger partial charge >= 0.3 is 5.97 Å². The lowest BCUT2D eigenvalue weighted by atomic mass is 9.71. The molecule has 2 amide bonds. The number of aliphatic hydroxyl groups excluding tert-OH is 1. The van der Waals surface area contributed by atoms with E-state index in [4.69, 9.17) is 4.74 Å². The van der Waals surface area contributed by atoms with E-state index < -0.39 is 28.7 Å². The van der Waals surface area contributed by atoms with Gasteiger partial charge in [-0.05, 0) is 36.8 Å². The van der Waals surface area contributed by atoms with Gasteiger partial charge in [0.2, 0.25) is 11.8 Å². The Balaban J connectivity index is 1.54. The zero-order valence-corrected chi connectivity index (χ0v) is 26.6. The number of nitrogens with zero attached hydrogens (tertiary/aromatic N) is 2. The molecule has 3 aliphatic heterocycles. The van der Waals surface area contributed by atoms with E-state index in [1.165, 1.54) is 0 Å². The number of likely N-dealkylation sites (tertiary alicyclic amines) is 1. The van der Waals surface area contributed by atoms with Gasteiger partial charge in [0.05, 0.1) is 35.8 Å². The van der Waals surface area contributed by atoms with E-state index in [2.05, 4.69) is 29.1 Å². The lowest BCUT2D eigenvalue weighted by molar-refractivity contribution is -0.154. The van der Waals surface area contributed by atoms with Crippen LogP contribution in [0, 0.1) is 11.8 Å². The maximum atomic E-state index is 14.8. The summed E-state index contributed by atoms with van der Waals surface area (Å²) < 4.78 is 4.91. The van der Waals surface area contributed by atoms with Crippen molar-refractivity contribution < 1.29 is 24.2 Å². The molecule has 1 N–H and O–H groups in total. The number of thioether (sulfide) groups is 1. The van der Waals surface area contributed by atoms with Gasteiger partial charge in [-0.15, -0.1) is 24.9 Å². The number of aliphatic hydroxyl groups is 1. The fourth-order valence-corrected chi connectivity index (χ4v) is 10.6. The smallest absolute Gasteiger partial charge is 0.310 e. The van der Waals surface area contributed by atoms with E-state index in [0.717, 1.165) is 24.0 Å². The Morgan fingerprint density at radius 3 is 2.47 bits per heavy atom. The van der Waals surface area contributed by atoms with Gasteiger partial charge in [0.15, 0.2) is 0 Å². The van der Waals surface area contributed by atoms with Crippen LogP contribution in [-0.4, -0.2) is 73.3 Å². The molecule has 0 aromatic heterocycles. The van der Waals surface area contributed by atoms with Crippen LogP contribution in [-0.2, 0) is 25.7 Å². The minimum absolute atomic E-state index is 0.0682. The number of carbonyl (C=O) groups excluding carboxylic acids is 3. The molecule has 7 atom stereocenters. The van der Waals surface area contributed by atoms with E-state index in [1.54, 1.807) is 27.6 Å². The Morgan fingerprint density at radius 2 is 1.81 bits per heavy atom. The van der Waals surface area contributed by atoms with Crippen molar-refractivity contribution in [1.82, 2.24) is 9.80 Å². The maximum Gasteiger partial charge on any atom is 0.310 e. The molecule has 9 heteroatoms. The predicted octanol–water partition coefficient (Wildman–Crippen LogP) is 5.30. The first-order valence-electron chi connectivity index (χ1n) is 14.9. The normalized spacial score (nSPS) is 27.9. The number of unbranched alkanes of at least 4 members (excludes halogenated alkanes) is 2. The van der Waals surface area contributed by atoms with Crippen molar-refractivity contribution >= 4 is 45.5 Å². The van der Waals surface area contributed by atoms with E-state index in [0.29, 0.717) is 25.9 Å². The van der Waals surface area contributed by atoms with Gasteiger partial charge in [0, 0.05) is 23.2 Å². The molecule has 3 aliphatic rings. The molecular formula is C34H39BrN2O5S. The van der Waals surface area contributed by atoms with E-state index >= 15 is 0 Å². The summed E-state index contributed by atoms with van der Waals surface area (Å²) in [5, 5.41) is 10.5. The standard InChI is InChI=1S/C34H39BrN2O5S/c1-3-5-6-13-19-42-33(41)27-28-31(39)37(26(22-38)24-16-11-8-12-17-24)30(34(28)20-25(35)29(27)43-34)32(40)36(18-4-2)21-23-14-9-7-10-15-23/h3-4,7-12,14-17,25-30,38H,1-2,5-6,13,18-22H2/t25?,26-,27-,28+,29-,30?,34?/m1/s1. The third-order valence-electron chi connectivity index (χ3n) is 8.85. The van der Waals surface area contributed by atoms with Crippen molar-refractivity contribution in [3.63, 3.8) is 0 Å². The van der Waals surface area contributed by atoms with Crippen LogP contribution < -0.4 is 0 Å². The van der Waals surface area contributed by atoms with Gasteiger partial charge in [-0.2, -0.15) is 0 Å². The first-order chi connectivity index (χ1) is 20.9. The molecule has 0 aliphatic carbocycles. The largest absolute Gasteiger partial charge is 0.465 e. The third-order valence-corrected chi connectivity index (χ3v) is 12.1. The Hall–Kier alpha value is -2.88. The molecule has 0 saturated carbocycles. The molecule has 2 bridgehead atoms. The number of esters is 1. The highest BCUT2D eigenvalue weighted by atomic mass is 79.9. The van der Waals surface area contributed by atoms with Crippen LogP contribution >= 0.6 is 27.7 Å². The number of carbonyl (C=O) groups is 3. The van der Waals surface area contributed by atoms with Gasteiger partial charge < -0.3 is 19.6 Å². The fourth-order valence-electron chi connectivity index (χ4n) is 7.01. The monoisotopic (exact) mass is 666 g/mol. The highest BCUT2D eigenvalue weighted by molar-refractivity contribution is 9.09. The molecule has 228 valence electrons. The minimum Gasteiger partial charge on any atom is -0.465 e. The summed E-state index contributed by atoms with van der Waals surface area (Å²) in [6, 6.07) is 17.4. The summed E-state index contributed by atoms with van der Waals surface area (Å²) in [5.41, 5.74) is 1.70. The quantitative estimate of drug-likeness (QED) is 0.128. The van der Waals surface area contributed by atoms with Crippen LogP contribution in [0.25, 0.3) is 0 Å². The van der Waals surface area contributed by atoms with Crippen molar-refractivity contribution in [3.8, 4) is 0 Å². The van der Waals surface area contributed by atoms with E-state index in [-0.39, 0.29) is 41.1 Å². The molecule has 7 nitrogen and oxygen atoms in total. The molecule has 43 heavy (non-hydrogen) atoms. The minimum atomic E-state index is -0.883. The SMILES string of the molecule is C=CCCCCOC(=O)[C@H]1[C@@H]2SC3(CC2Br)C(C(=O)N(CC=C)Cc2ccccc2)N([C@H](CO)c2ccccc2)C(=O)[C@H]13. The highest BCUT2D eigenvalue weighted by Crippen LogP contribution is 2.68. The molecule has 2 aromatic rings. The number of alkyl halides is 1. The Morgan fingerprint density at radius 1 is 1.12 bits per heavy atom. The van der Waals surface area contributed by atoms with Gasteiger partial charge in [-0.1, -0.05) is 88.7 Å². The van der Waals surface area contributed by atoms with Crippen LogP contribution in [0.2, 0.25) is 0 Å². The summed E-state index contributed by atoms with van der Waals surface area (Å²) >= 11 is 5.39. The van der Waals surface area contributed by atoms with Gasteiger partial charge in [0.25, 0.3) is 0 Å². The van der Waals surface area contributed by atoms with Gasteiger partial charge in [-0.3, -0.25) is 14.4 Å². The first kappa shape index (κ1) is 31.5. The van der Waals surface area contributed by atoms with Crippen molar-refractivity contribution in [2.24, 2.45) is 11.8 Å². The van der Waals surface area contributed by atoms with Crippen LogP contribution in [0.3, 0.4) is 0 Å². The maximum absolute atomic E-state index is 14.8. The van der Waals surface area contributed by atoms with Crippen LogP contribution in [0.15, 0.2) is 86.0 Å². The summed E-state index contributed by atoms with van der Waals surface area (Å²) in [6.07, 6.45) is 6.51. The second kappa shape index (κ2) is 13.8. The van der Waals surface area contributed by atoms with Crippen molar-refractivity contribution in [2.75, 3.05) is 19.8 Å². The molecular weight excluding hydrogens is 628 g/mol. The van der Waals surface area contributed by atoms with Gasteiger partial charge in [-0.25, -0.2) is 0 Å². The first-order valence-corrected chi connectivity index (χ1v) is 16.7. The van der Waals surface area contributed by atoms with Crippen molar-refractivity contribution in [3.05, 3.63) is 97.1 Å². The van der Waals surface area contributed by atoms with Crippen molar-refractivity contribution in [2.45, 2.75) is 59.1 Å². The number of halogens is 1. The molecule has 3 saturated heterocycles. The molecule has 3 unspecified atom stereocenters. The molecule has 0 radical (unpaired) electrons. The zero-order chi connectivity index (χ0) is 30.6. The van der Waals surface area contributed by atoms with E-state index in [1.807, 2.05) is 66.7 Å². The second-order valence-electron chi connectivity index (χ2n) is 11.5. The summed E-state index contributed by atoms with van der Waals surface area (Å²) in [6.45, 7) is 8.21. The number of fused-ring (bicyclic) bond motifs is 1. The van der Waals surface area contributed by atoms with Crippen LogP contribution in [0.4, 0.5) is 0 Å². The van der Waals surface area contributed by atoms with Crippen LogP contribution in [0.1, 0.15) is 42.9 Å². The highest BCUT2D eigenvalue weighted by Gasteiger charge is 2.76. The number of rotatable bonds is 14. The number of amides is 2. The number of allylic oxidation sites excluding steroid dienone is 1. The lowest BCUT2D eigenvalue weighted by Gasteiger charge is -2.40. The molecule has 3 fully saturated rings. The lowest BCUT2D eigenvalue weighted by Crippen LogP contribution is -2.56. The van der Waals surface area contributed by atoms with Crippen LogP contribution in [0.5, 0.6) is 0 Å². The summed E-state index contributed by atoms with van der Waals surface area (Å²) in [5.74, 6) is -2.29. The third kappa shape index (κ3) is 5.96. The Bertz CT molecular complexity index is 1330. The van der Waals surface area contributed by atoms with Crippen molar-refractivity contribution in [1.29, 1.82) is 0 Å². The topological polar surface area (TPSA) is 87.2 Å². The Labute approximate surface area is 266 Å². The zero-order valence-electron chi connectivity index (χ0n) is 24.2. The summed E-state index contributed by atoms with van der Waals surface area (Å²) in [7, 11) is 0. The predicted molar refractivity (Wildman–Crippen MR) is 172 cm³/mol.